The number of anilines is 2. The monoisotopic (exact) mass is 408 g/mol. The van der Waals surface area contributed by atoms with Crippen LogP contribution in [0.3, 0.4) is 0 Å². The second kappa shape index (κ2) is 5.89. The molecule has 2 rings (SSSR count). The summed E-state index contributed by atoms with van der Waals surface area (Å²) in [5, 5.41) is 0. The van der Waals surface area contributed by atoms with Gasteiger partial charge in [-0.15, -0.1) is 0 Å². The van der Waals surface area contributed by atoms with Gasteiger partial charge in [0.05, 0.1) is 10.6 Å². The fraction of sp³-hybridized carbons (Fsp3) is 0. The van der Waals surface area contributed by atoms with Crippen LogP contribution in [-0.4, -0.2) is 13.4 Å². The van der Waals surface area contributed by atoms with Crippen LogP contribution < -0.4 is 16.0 Å². The maximum atomic E-state index is 13.0. The van der Waals surface area contributed by atoms with E-state index < -0.39 is 15.8 Å². The van der Waals surface area contributed by atoms with E-state index in [1.807, 2.05) is 22.6 Å². The molecule has 2 aromatic rings. The molecule has 0 aliphatic carbocycles. The van der Waals surface area contributed by atoms with Crippen molar-refractivity contribution in [2.24, 2.45) is 5.84 Å². The number of nitrogens with zero attached hydrogens (tertiary/aromatic N) is 1. The van der Waals surface area contributed by atoms with Crippen LogP contribution in [0, 0.1) is 9.39 Å². The van der Waals surface area contributed by atoms with Gasteiger partial charge in [0.15, 0.2) is 0 Å². The van der Waals surface area contributed by atoms with Gasteiger partial charge in [-0.05, 0) is 46.9 Å². The number of aromatic nitrogens is 1. The Hall–Kier alpha value is -1.46. The van der Waals surface area contributed by atoms with E-state index in [4.69, 9.17) is 5.84 Å². The Kier molecular flexibility index (Phi) is 4.40. The molecule has 106 valence electrons. The van der Waals surface area contributed by atoms with Crippen LogP contribution in [0.15, 0.2) is 41.4 Å². The van der Waals surface area contributed by atoms with Gasteiger partial charge in [0, 0.05) is 15.8 Å². The number of nitrogens with two attached hydrogens (primary N) is 1. The van der Waals surface area contributed by atoms with Gasteiger partial charge in [-0.25, -0.2) is 23.6 Å². The number of nitrogens with one attached hydrogen (secondary N) is 2. The van der Waals surface area contributed by atoms with Crippen molar-refractivity contribution in [1.29, 1.82) is 0 Å². The molecule has 1 aromatic heterocycles. The number of halogens is 2. The summed E-state index contributed by atoms with van der Waals surface area (Å²) < 4.78 is 40.2. The third-order valence-corrected chi connectivity index (χ3v) is 4.62. The van der Waals surface area contributed by atoms with Gasteiger partial charge in [-0.3, -0.25) is 4.72 Å². The van der Waals surface area contributed by atoms with E-state index in [0.717, 1.165) is 0 Å². The fourth-order valence-electron chi connectivity index (χ4n) is 1.43. The molecule has 1 aromatic carbocycles. The highest BCUT2D eigenvalue weighted by Crippen LogP contribution is 2.23. The largest absolute Gasteiger partial charge is 0.308 e. The molecule has 0 spiro atoms. The molecular weight excluding hydrogens is 398 g/mol. The number of hydrogen-bond donors (Lipinski definition) is 3. The minimum absolute atomic E-state index is 0.000532. The molecule has 0 saturated heterocycles. The zero-order valence-electron chi connectivity index (χ0n) is 9.97. The van der Waals surface area contributed by atoms with E-state index in [1.165, 1.54) is 36.5 Å². The molecule has 1 heterocycles. The molecule has 0 unspecified atom stereocenters. The summed E-state index contributed by atoms with van der Waals surface area (Å²) in [6.07, 6.45) is 1.32. The van der Waals surface area contributed by atoms with Crippen LogP contribution in [0.4, 0.5) is 15.9 Å². The average molecular weight is 408 g/mol. The zero-order valence-corrected chi connectivity index (χ0v) is 12.9. The Labute approximate surface area is 128 Å². The Balaban J connectivity index is 2.35. The second-order valence-electron chi connectivity index (χ2n) is 3.75. The number of hydrogen-bond acceptors (Lipinski definition) is 5. The third kappa shape index (κ3) is 3.35. The van der Waals surface area contributed by atoms with Crippen molar-refractivity contribution in [3.8, 4) is 0 Å². The topological polar surface area (TPSA) is 97.1 Å². The van der Waals surface area contributed by atoms with Crippen molar-refractivity contribution < 1.29 is 12.8 Å². The van der Waals surface area contributed by atoms with Crippen molar-refractivity contribution in [2.45, 2.75) is 4.90 Å². The Bertz CT molecular complexity index is 739. The predicted molar refractivity (Wildman–Crippen MR) is 82.0 cm³/mol. The second-order valence-corrected chi connectivity index (χ2v) is 6.60. The SMILES string of the molecule is NNc1cc(S(=O)(=O)Nc2ccc(F)cc2I)ccn1. The quantitative estimate of drug-likeness (QED) is 0.408. The molecule has 0 radical (unpaired) electrons. The molecule has 0 aliphatic heterocycles. The molecule has 0 aliphatic rings. The van der Waals surface area contributed by atoms with E-state index in [1.54, 1.807) is 0 Å². The van der Waals surface area contributed by atoms with Crippen molar-refractivity contribution >= 4 is 44.1 Å². The van der Waals surface area contributed by atoms with Crippen molar-refractivity contribution in [3.05, 3.63) is 45.9 Å². The van der Waals surface area contributed by atoms with Crippen LogP contribution >= 0.6 is 22.6 Å². The highest BCUT2D eigenvalue weighted by atomic mass is 127. The lowest BCUT2D eigenvalue weighted by Crippen LogP contribution is -2.15. The standard InChI is InChI=1S/C11H10FIN4O2S/c12-7-1-2-10(9(13)5-7)17-20(18,19)8-3-4-15-11(6-8)16-14/h1-6,17H,14H2,(H,15,16). The fourth-order valence-corrected chi connectivity index (χ4v) is 3.32. The van der Waals surface area contributed by atoms with Crippen molar-refractivity contribution in [3.63, 3.8) is 0 Å². The number of nitrogen functional groups attached to an aromatic ring is 1. The highest BCUT2D eigenvalue weighted by Gasteiger charge is 2.16. The Morgan fingerprint density at radius 3 is 2.65 bits per heavy atom. The number of benzene rings is 1. The van der Waals surface area contributed by atoms with Crippen LogP contribution in [-0.2, 0) is 10.0 Å². The van der Waals surface area contributed by atoms with Gasteiger partial charge in [0.2, 0.25) is 0 Å². The van der Waals surface area contributed by atoms with Gasteiger partial charge < -0.3 is 5.43 Å². The first-order valence-electron chi connectivity index (χ1n) is 5.33. The van der Waals surface area contributed by atoms with Crippen LogP contribution in [0.2, 0.25) is 0 Å². The predicted octanol–water partition coefficient (Wildman–Crippen LogP) is 1.91. The lowest BCUT2D eigenvalue weighted by atomic mass is 10.3. The number of sulfonamides is 1. The lowest BCUT2D eigenvalue weighted by molar-refractivity contribution is 0.600. The molecule has 0 saturated carbocycles. The lowest BCUT2D eigenvalue weighted by Gasteiger charge is -2.10. The first-order chi connectivity index (χ1) is 9.42. The summed E-state index contributed by atoms with van der Waals surface area (Å²) in [6.45, 7) is 0. The van der Waals surface area contributed by atoms with Gasteiger partial charge in [-0.1, -0.05) is 0 Å². The molecular formula is C11H10FIN4O2S. The van der Waals surface area contributed by atoms with Gasteiger partial charge >= 0.3 is 0 Å². The van der Waals surface area contributed by atoms with E-state index in [0.29, 0.717) is 9.26 Å². The smallest absolute Gasteiger partial charge is 0.262 e. The highest BCUT2D eigenvalue weighted by molar-refractivity contribution is 14.1. The number of hydrazine groups is 1. The first-order valence-corrected chi connectivity index (χ1v) is 7.89. The Morgan fingerprint density at radius 2 is 2.00 bits per heavy atom. The van der Waals surface area contributed by atoms with Crippen molar-refractivity contribution in [1.82, 2.24) is 4.98 Å². The van der Waals surface area contributed by atoms with Crippen molar-refractivity contribution in [2.75, 3.05) is 10.1 Å². The minimum Gasteiger partial charge on any atom is -0.308 e. The van der Waals surface area contributed by atoms with E-state index in [-0.39, 0.29) is 10.7 Å². The molecule has 6 nitrogen and oxygen atoms in total. The summed E-state index contributed by atoms with van der Waals surface area (Å²) in [7, 11) is -3.79. The van der Waals surface area contributed by atoms with Gasteiger partial charge in [-0.2, -0.15) is 0 Å². The molecule has 9 heteroatoms. The van der Waals surface area contributed by atoms with E-state index in [2.05, 4.69) is 15.1 Å². The molecule has 0 fully saturated rings. The summed E-state index contributed by atoms with van der Waals surface area (Å²) >= 11 is 1.85. The molecule has 4 N–H and O–H groups in total. The summed E-state index contributed by atoms with van der Waals surface area (Å²) in [4.78, 5) is 3.83. The van der Waals surface area contributed by atoms with E-state index >= 15 is 0 Å². The normalized spacial score (nSPS) is 11.2. The van der Waals surface area contributed by atoms with Crippen LogP contribution in [0.1, 0.15) is 0 Å². The van der Waals surface area contributed by atoms with Gasteiger partial charge in [0.1, 0.15) is 11.6 Å². The minimum atomic E-state index is -3.79. The third-order valence-electron chi connectivity index (χ3n) is 2.37. The molecule has 0 atom stereocenters. The average Bonchev–Trinajstić information content (AvgIpc) is 2.42. The van der Waals surface area contributed by atoms with Crippen LogP contribution in [0.25, 0.3) is 0 Å². The maximum Gasteiger partial charge on any atom is 0.262 e. The summed E-state index contributed by atoms with van der Waals surface area (Å²) in [6, 6.07) is 6.40. The zero-order chi connectivity index (χ0) is 14.8. The summed E-state index contributed by atoms with van der Waals surface area (Å²) in [5.74, 6) is 4.97. The first kappa shape index (κ1) is 14.9. The van der Waals surface area contributed by atoms with Crippen LogP contribution in [0.5, 0.6) is 0 Å². The van der Waals surface area contributed by atoms with Gasteiger partial charge in [0.25, 0.3) is 10.0 Å². The maximum absolute atomic E-state index is 13.0. The number of pyridine rings is 1. The molecule has 20 heavy (non-hydrogen) atoms. The molecule has 0 amide bonds. The number of rotatable bonds is 4. The molecule has 0 bridgehead atoms. The van der Waals surface area contributed by atoms with E-state index in [9.17, 15) is 12.8 Å². The Morgan fingerprint density at radius 1 is 1.25 bits per heavy atom. The summed E-state index contributed by atoms with van der Waals surface area (Å²) in [5.41, 5.74) is 2.57.